The Hall–Kier alpha value is -2.08. The predicted molar refractivity (Wildman–Crippen MR) is 76.7 cm³/mol. The second kappa shape index (κ2) is 4.55. The molecule has 0 amide bonds. The lowest BCUT2D eigenvalue weighted by Crippen LogP contribution is -2.04. The maximum absolute atomic E-state index is 5.99. The first-order valence-electron chi connectivity index (χ1n) is 5.88. The molecule has 19 heavy (non-hydrogen) atoms. The van der Waals surface area contributed by atoms with E-state index >= 15 is 0 Å². The molecule has 0 saturated carbocycles. The number of hydrogen-bond acceptors (Lipinski definition) is 5. The summed E-state index contributed by atoms with van der Waals surface area (Å²) in [6.45, 7) is 2.67. The molecule has 2 heterocycles. The number of hydrogen-bond donors (Lipinski definition) is 1. The number of aromatic nitrogens is 3. The molecule has 3 rings (SSSR count). The lowest BCUT2D eigenvalue weighted by molar-refractivity contribution is 0.415. The largest absolute Gasteiger partial charge is 0.497 e. The number of benzene rings is 1. The number of rotatable bonds is 3. The van der Waals surface area contributed by atoms with E-state index in [1.54, 1.807) is 18.4 Å². The normalized spacial score (nSPS) is 11.1. The van der Waals surface area contributed by atoms with Crippen molar-refractivity contribution in [3.05, 3.63) is 34.3 Å². The summed E-state index contributed by atoms with van der Waals surface area (Å²) in [6, 6.07) is 5.74. The van der Waals surface area contributed by atoms with Crippen molar-refractivity contribution in [3.63, 3.8) is 0 Å². The van der Waals surface area contributed by atoms with E-state index in [1.807, 2.05) is 35.9 Å². The number of ether oxygens (including phenoxy) is 1. The number of nitrogens with zero attached hydrogens (tertiary/aromatic N) is 3. The third kappa shape index (κ3) is 2.15. The van der Waals surface area contributed by atoms with E-state index in [4.69, 9.17) is 10.5 Å². The number of nitrogen functional groups attached to an aromatic ring is 1. The van der Waals surface area contributed by atoms with Crippen molar-refractivity contribution in [1.82, 2.24) is 14.5 Å². The number of fused-ring (bicyclic) bond motifs is 1. The molecule has 0 aliphatic rings. The van der Waals surface area contributed by atoms with Gasteiger partial charge >= 0.3 is 0 Å². The molecule has 0 spiro atoms. The maximum atomic E-state index is 5.99. The van der Waals surface area contributed by atoms with E-state index in [9.17, 15) is 0 Å². The summed E-state index contributed by atoms with van der Waals surface area (Å²) in [7, 11) is 1.65. The molecule has 0 aliphatic heterocycles. The van der Waals surface area contributed by atoms with Gasteiger partial charge in [-0.2, -0.15) is 0 Å². The fourth-order valence-electron chi connectivity index (χ4n) is 2.02. The van der Waals surface area contributed by atoms with Gasteiger partial charge in [0.15, 0.2) is 0 Å². The molecule has 5 nitrogen and oxygen atoms in total. The van der Waals surface area contributed by atoms with E-state index in [2.05, 4.69) is 9.97 Å². The van der Waals surface area contributed by atoms with Crippen LogP contribution in [-0.4, -0.2) is 21.6 Å². The lowest BCUT2D eigenvalue weighted by Gasteiger charge is -2.05. The molecule has 0 atom stereocenters. The average molecular weight is 274 g/mol. The first-order chi connectivity index (χ1) is 9.17. The van der Waals surface area contributed by atoms with Crippen molar-refractivity contribution < 1.29 is 4.74 Å². The highest BCUT2D eigenvalue weighted by atomic mass is 32.1. The number of anilines is 1. The van der Waals surface area contributed by atoms with Crippen molar-refractivity contribution in [3.8, 4) is 5.75 Å². The summed E-state index contributed by atoms with van der Waals surface area (Å²) in [5.41, 5.74) is 7.82. The van der Waals surface area contributed by atoms with Gasteiger partial charge in [0, 0.05) is 17.1 Å². The Morgan fingerprint density at radius 2 is 2.26 bits per heavy atom. The van der Waals surface area contributed by atoms with Crippen LogP contribution in [0.1, 0.15) is 9.88 Å². The standard InChI is InChI=1S/C13H14N4OS/c1-8-6-15-12(19-8)7-17-11-5-9(18-2)3-4-10(11)16-13(17)14/h3-6H,7H2,1-2H3,(H2,14,16). The van der Waals surface area contributed by atoms with Crippen molar-refractivity contribution in [2.24, 2.45) is 0 Å². The molecule has 98 valence electrons. The molecule has 2 aromatic heterocycles. The number of thiazole rings is 1. The predicted octanol–water partition coefficient (Wildman–Crippen LogP) is 2.44. The number of imidazole rings is 1. The smallest absolute Gasteiger partial charge is 0.201 e. The van der Waals surface area contributed by atoms with Gasteiger partial charge in [-0.15, -0.1) is 11.3 Å². The van der Waals surface area contributed by atoms with Crippen LogP contribution in [0.15, 0.2) is 24.4 Å². The van der Waals surface area contributed by atoms with Gasteiger partial charge in [0.1, 0.15) is 10.8 Å². The fraction of sp³-hybridized carbons (Fsp3) is 0.231. The van der Waals surface area contributed by atoms with Crippen molar-refractivity contribution in [2.75, 3.05) is 12.8 Å². The van der Waals surface area contributed by atoms with E-state index in [-0.39, 0.29) is 0 Å². The Bertz CT molecular complexity index is 731. The van der Waals surface area contributed by atoms with Gasteiger partial charge in [-0.05, 0) is 19.1 Å². The Morgan fingerprint density at radius 1 is 1.42 bits per heavy atom. The molecular weight excluding hydrogens is 260 g/mol. The fourth-order valence-corrected chi connectivity index (χ4v) is 2.80. The van der Waals surface area contributed by atoms with Gasteiger partial charge in [-0.25, -0.2) is 9.97 Å². The monoisotopic (exact) mass is 274 g/mol. The van der Waals surface area contributed by atoms with Gasteiger partial charge < -0.3 is 15.0 Å². The SMILES string of the molecule is COc1ccc2nc(N)n(Cc3ncc(C)s3)c2c1. The molecule has 0 aliphatic carbocycles. The summed E-state index contributed by atoms with van der Waals surface area (Å²) in [6.07, 6.45) is 1.87. The van der Waals surface area contributed by atoms with E-state index in [0.29, 0.717) is 12.5 Å². The minimum atomic E-state index is 0.496. The third-order valence-corrected chi connectivity index (χ3v) is 3.84. The van der Waals surface area contributed by atoms with E-state index < -0.39 is 0 Å². The van der Waals surface area contributed by atoms with Crippen LogP contribution >= 0.6 is 11.3 Å². The van der Waals surface area contributed by atoms with Crippen LogP contribution in [0, 0.1) is 6.92 Å². The van der Waals surface area contributed by atoms with Crippen molar-refractivity contribution in [1.29, 1.82) is 0 Å². The summed E-state index contributed by atoms with van der Waals surface area (Å²) in [5.74, 6) is 1.29. The Labute approximate surface area is 114 Å². The molecule has 3 aromatic rings. The Kier molecular flexibility index (Phi) is 2.87. The average Bonchev–Trinajstić information content (AvgIpc) is 2.94. The topological polar surface area (TPSA) is 66.0 Å². The minimum Gasteiger partial charge on any atom is -0.497 e. The van der Waals surface area contributed by atoms with Crippen molar-refractivity contribution >= 4 is 28.3 Å². The molecular formula is C13H14N4OS. The second-order valence-electron chi connectivity index (χ2n) is 4.28. The second-order valence-corrected chi connectivity index (χ2v) is 5.59. The molecule has 6 heteroatoms. The van der Waals surface area contributed by atoms with Crippen LogP contribution in [0.4, 0.5) is 5.95 Å². The van der Waals surface area contributed by atoms with Crippen LogP contribution in [0.2, 0.25) is 0 Å². The third-order valence-electron chi connectivity index (χ3n) is 2.95. The van der Waals surface area contributed by atoms with Crippen LogP contribution in [0.25, 0.3) is 11.0 Å². The maximum Gasteiger partial charge on any atom is 0.201 e. The zero-order valence-electron chi connectivity index (χ0n) is 10.8. The van der Waals surface area contributed by atoms with Gasteiger partial charge in [0.25, 0.3) is 0 Å². The molecule has 1 aromatic carbocycles. The zero-order valence-corrected chi connectivity index (χ0v) is 11.6. The first-order valence-corrected chi connectivity index (χ1v) is 6.70. The minimum absolute atomic E-state index is 0.496. The molecule has 0 saturated heterocycles. The lowest BCUT2D eigenvalue weighted by atomic mass is 10.3. The quantitative estimate of drug-likeness (QED) is 0.796. The Balaban J connectivity index is 2.08. The molecule has 0 unspecified atom stereocenters. The first kappa shape index (κ1) is 12.0. The summed E-state index contributed by atoms with van der Waals surface area (Å²) in [5, 5.41) is 1.02. The molecule has 0 bridgehead atoms. The van der Waals surface area contributed by atoms with Crippen molar-refractivity contribution in [2.45, 2.75) is 13.5 Å². The number of aryl methyl sites for hydroxylation is 1. The molecule has 0 fully saturated rings. The van der Waals surface area contributed by atoms with Gasteiger partial charge in [-0.3, -0.25) is 0 Å². The van der Waals surface area contributed by atoms with Gasteiger partial charge in [-0.1, -0.05) is 0 Å². The number of nitrogens with two attached hydrogens (primary N) is 1. The van der Waals surface area contributed by atoms with Gasteiger partial charge in [0.2, 0.25) is 5.95 Å². The summed E-state index contributed by atoms with van der Waals surface area (Å²) < 4.78 is 7.20. The summed E-state index contributed by atoms with van der Waals surface area (Å²) in [4.78, 5) is 9.91. The van der Waals surface area contributed by atoms with Crippen LogP contribution in [0.5, 0.6) is 5.75 Å². The van der Waals surface area contributed by atoms with E-state index in [1.165, 1.54) is 4.88 Å². The van der Waals surface area contributed by atoms with Crippen LogP contribution < -0.4 is 10.5 Å². The van der Waals surface area contributed by atoms with Gasteiger partial charge in [0.05, 0.1) is 24.7 Å². The van der Waals surface area contributed by atoms with E-state index in [0.717, 1.165) is 21.8 Å². The Morgan fingerprint density at radius 3 is 2.95 bits per heavy atom. The molecule has 2 N–H and O–H groups in total. The highest BCUT2D eigenvalue weighted by molar-refractivity contribution is 7.11. The highest BCUT2D eigenvalue weighted by Gasteiger charge is 2.11. The number of methoxy groups -OCH3 is 1. The van der Waals surface area contributed by atoms with Crippen LogP contribution in [-0.2, 0) is 6.54 Å². The zero-order chi connectivity index (χ0) is 13.4. The van der Waals surface area contributed by atoms with Crippen LogP contribution in [0.3, 0.4) is 0 Å². The molecule has 0 radical (unpaired) electrons. The summed E-state index contributed by atoms with van der Waals surface area (Å²) >= 11 is 1.67. The highest BCUT2D eigenvalue weighted by Crippen LogP contribution is 2.24.